The maximum Gasteiger partial charge on any atom is 0.251 e. The van der Waals surface area contributed by atoms with Crippen LogP contribution in [0.4, 0.5) is 5.69 Å². The van der Waals surface area contributed by atoms with E-state index in [2.05, 4.69) is 10.2 Å². The largest absolute Gasteiger partial charge is 0.368 e. The van der Waals surface area contributed by atoms with Gasteiger partial charge in [-0.25, -0.2) is 0 Å². The second-order valence-corrected chi connectivity index (χ2v) is 10.0. The van der Waals surface area contributed by atoms with Gasteiger partial charge >= 0.3 is 0 Å². The van der Waals surface area contributed by atoms with Crippen molar-refractivity contribution in [2.45, 2.75) is 64.8 Å². The summed E-state index contributed by atoms with van der Waals surface area (Å²) >= 11 is 0. The van der Waals surface area contributed by atoms with Gasteiger partial charge in [0, 0.05) is 49.3 Å². The van der Waals surface area contributed by atoms with Crippen LogP contribution in [0.2, 0.25) is 0 Å². The zero-order valence-corrected chi connectivity index (χ0v) is 19.5. The normalized spacial score (nSPS) is 20.8. The maximum atomic E-state index is 13.0. The van der Waals surface area contributed by atoms with Crippen LogP contribution in [-0.2, 0) is 9.59 Å². The van der Waals surface area contributed by atoms with Gasteiger partial charge in [0.1, 0.15) is 0 Å². The highest BCUT2D eigenvalue weighted by Gasteiger charge is 2.35. The topological polar surface area (TPSA) is 69.7 Å². The molecule has 174 valence electrons. The van der Waals surface area contributed by atoms with E-state index >= 15 is 0 Å². The number of piperazine rings is 1. The highest BCUT2D eigenvalue weighted by molar-refractivity contribution is 5.98. The van der Waals surface area contributed by atoms with Gasteiger partial charge in [0.2, 0.25) is 5.91 Å². The summed E-state index contributed by atoms with van der Waals surface area (Å²) in [5.41, 5.74) is 1.66. The summed E-state index contributed by atoms with van der Waals surface area (Å²) in [7, 11) is 0. The zero-order valence-electron chi connectivity index (χ0n) is 19.5. The maximum absolute atomic E-state index is 13.0. The van der Waals surface area contributed by atoms with E-state index in [9.17, 15) is 14.4 Å². The second-order valence-electron chi connectivity index (χ2n) is 10.0. The molecule has 2 aliphatic carbocycles. The van der Waals surface area contributed by atoms with Crippen molar-refractivity contribution in [2.24, 2.45) is 17.8 Å². The molecule has 1 aliphatic heterocycles. The number of hydrogen-bond acceptors (Lipinski definition) is 4. The van der Waals surface area contributed by atoms with Gasteiger partial charge in [-0.2, -0.15) is 0 Å². The SMILES string of the molecule is CC(C)C(=O)C(NC(=O)c1ccc(N2CCN(C(=O)C3CC3)CC2)cc1)C1CCCCC1. The number of carbonyl (C=O) groups excluding carboxylic acids is 3. The van der Waals surface area contributed by atoms with Crippen molar-refractivity contribution in [1.29, 1.82) is 0 Å². The van der Waals surface area contributed by atoms with Gasteiger partial charge in [-0.15, -0.1) is 0 Å². The predicted octanol–water partition coefficient (Wildman–Crippen LogP) is 3.65. The molecule has 6 nitrogen and oxygen atoms in total. The van der Waals surface area contributed by atoms with Crippen molar-refractivity contribution in [3.05, 3.63) is 29.8 Å². The first kappa shape index (κ1) is 22.8. The van der Waals surface area contributed by atoms with E-state index in [-0.39, 0.29) is 35.5 Å². The van der Waals surface area contributed by atoms with Crippen molar-refractivity contribution in [1.82, 2.24) is 10.2 Å². The highest BCUT2D eigenvalue weighted by atomic mass is 16.2. The fourth-order valence-electron chi connectivity index (χ4n) is 5.07. The first-order valence-corrected chi connectivity index (χ1v) is 12.4. The molecule has 0 bridgehead atoms. The van der Waals surface area contributed by atoms with Crippen LogP contribution in [0.5, 0.6) is 0 Å². The molecule has 2 amide bonds. The average molecular weight is 440 g/mol. The summed E-state index contributed by atoms with van der Waals surface area (Å²) in [6, 6.07) is 7.27. The lowest BCUT2D eigenvalue weighted by molar-refractivity contribution is -0.132. The first-order valence-electron chi connectivity index (χ1n) is 12.4. The molecule has 1 N–H and O–H groups in total. The number of benzene rings is 1. The van der Waals surface area contributed by atoms with Gasteiger partial charge in [0.15, 0.2) is 5.78 Å². The lowest BCUT2D eigenvalue weighted by Gasteiger charge is -2.36. The molecule has 32 heavy (non-hydrogen) atoms. The van der Waals surface area contributed by atoms with Crippen LogP contribution in [-0.4, -0.2) is 54.7 Å². The van der Waals surface area contributed by atoms with Gasteiger partial charge in [0.05, 0.1) is 6.04 Å². The van der Waals surface area contributed by atoms with E-state index in [0.717, 1.165) is 70.4 Å². The van der Waals surface area contributed by atoms with Crippen LogP contribution in [0.15, 0.2) is 24.3 Å². The molecule has 0 radical (unpaired) electrons. The summed E-state index contributed by atoms with van der Waals surface area (Å²) in [4.78, 5) is 42.3. The molecule has 3 aliphatic rings. The summed E-state index contributed by atoms with van der Waals surface area (Å²) in [5, 5.41) is 3.07. The number of nitrogens with zero attached hydrogens (tertiary/aromatic N) is 2. The van der Waals surface area contributed by atoms with E-state index < -0.39 is 0 Å². The molecule has 1 saturated heterocycles. The molecule has 1 heterocycles. The number of anilines is 1. The van der Waals surface area contributed by atoms with Gasteiger partial charge in [-0.3, -0.25) is 14.4 Å². The number of carbonyl (C=O) groups is 3. The molecular weight excluding hydrogens is 402 g/mol. The Bertz CT molecular complexity index is 817. The minimum atomic E-state index is -0.389. The third kappa shape index (κ3) is 5.33. The number of nitrogens with one attached hydrogen (secondary N) is 1. The Labute approximate surface area is 191 Å². The van der Waals surface area contributed by atoms with Crippen LogP contribution < -0.4 is 10.2 Å². The Morgan fingerprint density at radius 2 is 1.50 bits per heavy atom. The van der Waals surface area contributed by atoms with Crippen LogP contribution in [0.1, 0.15) is 69.2 Å². The Morgan fingerprint density at radius 3 is 2.06 bits per heavy atom. The summed E-state index contributed by atoms with van der Waals surface area (Å²) in [5.74, 6) is 0.729. The van der Waals surface area contributed by atoms with E-state index in [1.54, 1.807) is 0 Å². The molecule has 0 spiro atoms. The summed E-state index contributed by atoms with van der Waals surface area (Å²) in [6.45, 7) is 6.98. The van der Waals surface area contributed by atoms with Crippen molar-refractivity contribution < 1.29 is 14.4 Å². The molecule has 1 unspecified atom stereocenters. The lowest BCUT2D eigenvalue weighted by atomic mass is 9.80. The number of hydrogen-bond donors (Lipinski definition) is 1. The summed E-state index contributed by atoms with van der Waals surface area (Å²) in [6.07, 6.45) is 7.61. The monoisotopic (exact) mass is 439 g/mol. The average Bonchev–Trinajstić information content (AvgIpc) is 3.68. The van der Waals surface area contributed by atoms with Crippen molar-refractivity contribution >= 4 is 23.3 Å². The third-order valence-corrected chi connectivity index (χ3v) is 7.30. The van der Waals surface area contributed by atoms with E-state index in [1.165, 1.54) is 6.42 Å². The van der Waals surface area contributed by atoms with Crippen molar-refractivity contribution in [2.75, 3.05) is 31.1 Å². The van der Waals surface area contributed by atoms with Gasteiger partial charge in [-0.05, 0) is 55.9 Å². The fourth-order valence-corrected chi connectivity index (χ4v) is 5.07. The van der Waals surface area contributed by atoms with Crippen LogP contribution >= 0.6 is 0 Å². The second kappa shape index (κ2) is 10.1. The van der Waals surface area contributed by atoms with E-state index in [0.29, 0.717) is 11.5 Å². The van der Waals surface area contributed by atoms with Gasteiger partial charge in [-0.1, -0.05) is 33.1 Å². The number of Topliss-reactive ketones (excluding diaryl/α,β-unsaturated/α-hetero) is 1. The molecule has 2 saturated carbocycles. The minimum Gasteiger partial charge on any atom is -0.368 e. The molecular formula is C26H37N3O3. The minimum absolute atomic E-state index is 0.0879. The number of rotatable bonds is 7. The highest BCUT2D eigenvalue weighted by Crippen LogP contribution is 2.32. The van der Waals surface area contributed by atoms with Gasteiger partial charge < -0.3 is 15.1 Å². The number of amides is 2. The van der Waals surface area contributed by atoms with E-state index in [4.69, 9.17) is 0 Å². The molecule has 3 fully saturated rings. The Kier molecular flexibility index (Phi) is 7.17. The Morgan fingerprint density at radius 1 is 0.875 bits per heavy atom. The molecule has 6 heteroatoms. The Hall–Kier alpha value is -2.37. The smallest absolute Gasteiger partial charge is 0.251 e. The zero-order chi connectivity index (χ0) is 22.7. The quantitative estimate of drug-likeness (QED) is 0.704. The van der Waals surface area contributed by atoms with Crippen molar-refractivity contribution in [3.8, 4) is 0 Å². The molecule has 1 aromatic carbocycles. The number of ketones is 1. The molecule has 1 aromatic rings. The van der Waals surface area contributed by atoms with Crippen LogP contribution in [0, 0.1) is 17.8 Å². The van der Waals surface area contributed by atoms with Crippen LogP contribution in [0.25, 0.3) is 0 Å². The predicted molar refractivity (Wildman–Crippen MR) is 126 cm³/mol. The molecule has 4 rings (SSSR count). The van der Waals surface area contributed by atoms with Crippen molar-refractivity contribution in [3.63, 3.8) is 0 Å². The standard InChI is InChI=1S/C26H37N3O3/c1-18(2)24(30)23(19-6-4-3-5-7-19)27-25(31)20-10-12-22(13-11-20)28-14-16-29(17-15-28)26(32)21-8-9-21/h10-13,18-19,21,23H,3-9,14-17H2,1-2H3,(H,27,31). The molecule has 1 atom stereocenters. The van der Waals surface area contributed by atoms with E-state index in [1.807, 2.05) is 43.0 Å². The Balaban J connectivity index is 1.35. The third-order valence-electron chi connectivity index (χ3n) is 7.30. The lowest BCUT2D eigenvalue weighted by Crippen LogP contribution is -2.49. The summed E-state index contributed by atoms with van der Waals surface area (Å²) < 4.78 is 0. The first-order chi connectivity index (χ1) is 15.4. The fraction of sp³-hybridized carbons (Fsp3) is 0.654. The van der Waals surface area contributed by atoms with Crippen LogP contribution in [0.3, 0.4) is 0 Å². The van der Waals surface area contributed by atoms with Gasteiger partial charge in [0.25, 0.3) is 5.91 Å². The molecule has 0 aromatic heterocycles.